The van der Waals surface area contributed by atoms with E-state index in [0.717, 1.165) is 11.3 Å². The third kappa shape index (κ3) is 3.41. The lowest BCUT2D eigenvalue weighted by Gasteiger charge is -2.28. The Morgan fingerprint density at radius 3 is 2.70 bits per heavy atom. The fourth-order valence-corrected chi connectivity index (χ4v) is 3.64. The molecule has 0 atom stereocenters. The third-order valence-corrected chi connectivity index (χ3v) is 5.09. The average Bonchev–Trinajstić information content (AvgIpc) is 3.14. The van der Waals surface area contributed by atoms with Crippen molar-refractivity contribution in [2.45, 2.75) is 12.1 Å². The molecule has 2 aromatic carbocycles. The summed E-state index contributed by atoms with van der Waals surface area (Å²) in [6.07, 6.45) is 0. The molecule has 8 nitrogen and oxygen atoms in total. The van der Waals surface area contributed by atoms with Crippen molar-refractivity contribution in [1.82, 2.24) is 20.2 Å². The maximum atomic E-state index is 12.8. The maximum Gasteiger partial charge on any atom is 0.244 e. The normalized spacial score (nSPS) is 13.2. The second kappa shape index (κ2) is 7.20. The molecule has 0 fully saturated rings. The highest BCUT2D eigenvalue weighted by molar-refractivity contribution is 7.99. The standard InChI is InChI=1S/C18H16N6O2S/c1-12-6-2-4-8-14(12)24-18(20-21-22-24)27-11-17(26)23-10-16(25)19-13-7-3-5-9-15(13)23/h2-9H,10-11H2,1H3,(H,19,25). The quantitative estimate of drug-likeness (QED) is 0.697. The van der Waals surface area contributed by atoms with Gasteiger partial charge in [-0.2, -0.15) is 4.68 Å². The Morgan fingerprint density at radius 1 is 1.15 bits per heavy atom. The number of anilines is 2. The number of tetrazole rings is 1. The van der Waals surface area contributed by atoms with Crippen molar-refractivity contribution in [2.75, 3.05) is 22.5 Å². The van der Waals surface area contributed by atoms with E-state index < -0.39 is 0 Å². The average molecular weight is 380 g/mol. The number of rotatable bonds is 4. The number of carbonyl (C=O) groups excluding carboxylic acids is 2. The van der Waals surface area contributed by atoms with Gasteiger partial charge in [-0.15, -0.1) is 5.10 Å². The molecule has 2 heterocycles. The second-order valence-electron chi connectivity index (χ2n) is 5.99. The predicted octanol–water partition coefficient (Wildman–Crippen LogP) is 2.05. The molecule has 4 rings (SSSR count). The molecule has 3 aromatic rings. The van der Waals surface area contributed by atoms with Gasteiger partial charge in [0.25, 0.3) is 0 Å². The van der Waals surface area contributed by atoms with E-state index in [-0.39, 0.29) is 24.1 Å². The molecular weight excluding hydrogens is 364 g/mol. The minimum absolute atomic E-state index is 0.000853. The van der Waals surface area contributed by atoms with Gasteiger partial charge in [0, 0.05) is 0 Å². The van der Waals surface area contributed by atoms with Crippen LogP contribution in [0.1, 0.15) is 5.56 Å². The van der Waals surface area contributed by atoms with Gasteiger partial charge in [-0.3, -0.25) is 9.59 Å². The zero-order valence-electron chi connectivity index (χ0n) is 14.5. The zero-order valence-corrected chi connectivity index (χ0v) is 15.3. The molecule has 0 spiro atoms. The van der Waals surface area contributed by atoms with Crippen LogP contribution in [0.3, 0.4) is 0 Å². The van der Waals surface area contributed by atoms with Gasteiger partial charge in [-0.25, -0.2) is 0 Å². The summed E-state index contributed by atoms with van der Waals surface area (Å²) in [6.45, 7) is 1.97. The smallest absolute Gasteiger partial charge is 0.244 e. The van der Waals surface area contributed by atoms with Gasteiger partial charge in [0.05, 0.1) is 22.8 Å². The minimum Gasteiger partial charge on any atom is -0.323 e. The van der Waals surface area contributed by atoms with E-state index in [1.807, 2.05) is 49.4 Å². The Balaban J connectivity index is 1.53. The highest BCUT2D eigenvalue weighted by atomic mass is 32.2. The first kappa shape index (κ1) is 17.2. The van der Waals surface area contributed by atoms with Crippen LogP contribution in [-0.2, 0) is 9.59 Å². The first-order valence-electron chi connectivity index (χ1n) is 8.30. The SMILES string of the molecule is Cc1ccccc1-n1nnnc1SCC(=O)N1CC(=O)Nc2ccccc21. The molecule has 1 aliphatic heterocycles. The van der Waals surface area contributed by atoms with Crippen molar-refractivity contribution in [1.29, 1.82) is 0 Å². The molecule has 1 aliphatic rings. The molecule has 0 saturated heterocycles. The first-order chi connectivity index (χ1) is 13.1. The number of hydrogen-bond acceptors (Lipinski definition) is 6. The summed E-state index contributed by atoms with van der Waals surface area (Å²) >= 11 is 1.24. The molecular formula is C18H16N6O2S. The van der Waals surface area contributed by atoms with Crippen LogP contribution >= 0.6 is 11.8 Å². The summed E-state index contributed by atoms with van der Waals surface area (Å²) in [5.74, 6) is -0.271. The predicted molar refractivity (Wildman–Crippen MR) is 102 cm³/mol. The van der Waals surface area contributed by atoms with Crippen LogP contribution in [0.5, 0.6) is 0 Å². The van der Waals surface area contributed by atoms with Crippen LogP contribution in [0, 0.1) is 6.92 Å². The van der Waals surface area contributed by atoms with Crippen LogP contribution in [0.4, 0.5) is 11.4 Å². The van der Waals surface area contributed by atoms with E-state index in [1.54, 1.807) is 10.7 Å². The molecule has 0 radical (unpaired) electrons. The summed E-state index contributed by atoms with van der Waals surface area (Å²) < 4.78 is 1.62. The Kier molecular flexibility index (Phi) is 4.59. The molecule has 0 unspecified atom stereocenters. The fraction of sp³-hybridized carbons (Fsp3) is 0.167. The Bertz CT molecular complexity index is 1020. The van der Waals surface area contributed by atoms with Crippen molar-refractivity contribution in [3.63, 3.8) is 0 Å². The number of nitrogens with one attached hydrogen (secondary N) is 1. The van der Waals surface area contributed by atoms with Gasteiger partial charge in [0.15, 0.2) is 0 Å². The Labute approximate surface area is 159 Å². The van der Waals surface area contributed by atoms with Crippen LogP contribution in [0.25, 0.3) is 5.69 Å². The monoisotopic (exact) mass is 380 g/mol. The van der Waals surface area contributed by atoms with E-state index in [1.165, 1.54) is 16.7 Å². The van der Waals surface area contributed by atoms with Crippen LogP contribution in [0.15, 0.2) is 53.7 Å². The van der Waals surface area contributed by atoms with E-state index in [4.69, 9.17) is 0 Å². The van der Waals surface area contributed by atoms with Gasteiger partial charge >= 0.3 is 0 Å². The largest absolute Gasteiger partial charge is 0.323 e. The van der Waals surface area contributed by atoms with Crippen LogP contribution < -0.4 is 10.2 Å². The fourth-order valence-electron chi connectivity index (χ4n) is 2.88. The van der Waals surface area contributed by atoms with E-state index in [0.29, 0.717) is 16.5 Å². The van der Waals surface area contributed by atoms with E-state index in [9.17, 15) is 9.59 Å². The van der Waals surface area contributed by atoms with Gasteiger partial charge < -0.3 is 10.2 Å². The van der Waals surface area contributed by atoms with Crippen molar-refractivity contribution in [3.05, 3.63) is 54.1 Å². The molecule has 2 amide bonds. The molecule has 27 heavy (non-hydrogen) atoms. The molecule has 0 bridgehead atoms. The maximum absolute atomic E-state index is 12.8. The third-order valence-electron chi connectivity index (χ3n) is 4.18. The number of hydrogen-bond donors (Lipinski definition) is 1. The Hall–Kier alpha value is -3.20. The second-order valence-corrected chi connectivity index (χ2v) is 6.94. The first-order valence-corrected chi connectivity index (χ1v) is 9.28. The molecule has 0 aliphatic carbocycles. The van der Waals surface area contributed by atoms with E-state index >= 15 is 0 Å². The van der Waals surface area contributed by atoms with E-state index in [2.05, 4.69) is 20.8 Å². The van der Waals surface area contributed by atoms with Crippen molar-refractivity contribution in [2.24, 2.45) is 0 Å². The lowest BCUT2D eigenvalue weighted by atomic mass is 10.2. The van der Waals surface area contributed by atoms with Gasteiger partial charge in [0.2, 0.25) is 17.0 Å². The lowest BCUT2D eigenvalue weighted by molar-refractivity contribution is -0.120. The molecule has 1 aromatic heterocycles. The molecule has 0 saturated carbocycles. The summed E-state index contributed by atoms with van der Waals surface area (Å²) in [5.41, 5.74) is 3.22. The number of thioether (sulfide) groups is 1. The van der Waals surface area contributed by atoms with Gasteiger partial charge in [-0.1, -0.05) is 42.1 Å². The number of nitrogens with zero attached hydrogens (tertiary/aromatic N) is 5. The van der Waals surface area contributed by atoms with Crippen LogP contribution in [-0.4, -0.2) is 44.3 Å². The summed E-state index contributed by atoms with van der Waals surface area (Å²) in [7, 11) is 0. The number of fused-ring (bicyclic) bond motifs is 1. The number of carbonyl (C=O) groups is 2. The molecule has 136 valence electrons. The van der Waals surface area contributed by atoms with Crippen molar-refractivity contribution < 1.29 is 9.59 Å². The topological polar surface area (TPSA) is 93.0 Å². The van der Waals surface area contributed by atoms with Gasteiger partial charge in [-0.05, 0) is 41.1 Å². The van der Waals surface area contributed by atoms with Crippen molar-refractivity contribution in [3.8, 4) is 5.69 Å². The lowest BCUT2D eigenvalue weighted by Crippen LogP contribution is -2.43. The number of amides is 2. The summed E-state index contributed by atoms with van der Waals surface area (Å²) in [6, 6.07) is 15.0. The Morgan fingerprint density at radius 2 is 1.89 bits per heavy atom. The van der Waals surface area contributed by atoms with Gasteiger partial charge in [0.1, 0.15) is 6.54 Å². The number of para-hydroxylation sites is 3. The summed E-state index contributed by atoms with van der Waals surface area (Å²) in [4.78, 5) is 26.2. The van der Waals surface area contributed by atoms with Crippen molar-refractivity contribution >= 4 is 35.0 Å². The highest BCUT2D eigenvalue weighted by Crippen LogP contribution is 2.30. The highest BCUT2D eigenvalue weighted by Gasteiger charge is 2.27. The van der Waals surface area contributed by atoms with Crippen LogP contribution in [0.2, 0.25) is 0 Å². The summed E-state index contributed by atoms with van der Waals surface area (Å²) in [5, 5.41) is 15.1. The molecule has 9 heteroatoms. The minimum atomic E-state index is -0.211. The number of benzene rings is 2. The zero-order chi connectivity index (χ0) is 18.8. The number of aromatic nitrogens is 4. The molecule has 1 N–H and O–H groups in total. The number of aryl methyl sites for hydroxylation is 1.